The SMILES string of the molecule is CCn1nc(C)c(CNC(=O)Nc2ccc(F)cc2F)c1C. The highest BCUT2D eigenvalue weighted by Gasteiger charge is 2.12. The molecule has 22 heavy (non-hydrogen) atoms. The number of urea groups is 1. The lowest BCUT2D eigenvalue weighted by Gasteiger charge is -2.09. The molecule has 1 aromatic heterocycles. The summed E-state index contributed by atoms with van der Waals surface area (Å²) in [6.45, 7) is 6.82. The molecule has 0 saturated carbocycles. The molecule has 0 aliphatic rings. The number of halogens is 2. The fraction of sp³-hybridized carbons (Fsp3) is 0.333. The molecule has 0 unspecified atom stereocenters. The maximum Gasteiger partial charge on any atom is 0.319 e. The van der Waals surface area contributed by atoms with Crippen molar-refractivity contribution in [3.8, 4) is 0 Å². The third-order valence-electron chi connectivity index (χ3n) is 3.44. The molecular weight excluding hydrogens is 290 g/mol. The van der Waals surface area contributed by atoms with Crippen molar-refractivity contribution in [1.82, 2.24) is 15.1 Å². The van der Waals surface area contributed by atoms with E-state index in [9.17, 15) is 13.6 Å². The molecule has 2 amide bonds. The summed E-state index contributed by atoms with van der Waals surface area (Å²) < 4.78 is 28.1. The van der Waals surface area contributed by atoms with Crippen LogP contribution in [0.15, 0.2) is 18.2 Å². The normalized spacial score (nSPS) is 10.6. The fourth-order valence-electron chi connectivity index (χ4n) is 2.22. The molecule has 0 aliphatic carbocycles. The smallest absolute Gasteiger partial charge is 0.319 e. The summed E-state index contributed by atoms with van der Waals surface area (Å²) in [7, 11) is 0. The lowest BCUT2D eigenvalue weighted by molar-refractivity contribution is 0.251. The van der Waals surface area contributed by atoms with E-state index in [1.165, 1.54) is 6.07 Å². The van der Waals surface area contributed by atoms with Crippen LogP contribution in [0.3, 0.4) is 0 Å². The number of aromatic nitrogens is 2. The zero-order chi connectivity index (χ0) is 16.3. The summed E-state index contributed by atoms with van der Waals surface area (Å²) in [5.41, 5.74) is 2.68. The van der Waals surface area contributed by atoms with Gasteiger partial charge in [-0.15, -0.1) is 0 Å². The molecule has 0 atom stereocenters. The van der Waals surface area contributed by atoms with E-state index in [2.05, 4.69) is 15.7 Å². The molecule has 0 bridgehead atoms. The Labute approximate surface area is 127 Å². The Hall–Kier alpha value is -2.44. The first-order chi connectivity index (χ1) is 10.4. The van der Waals surface area contributed by atoms with Crippen LogP contribution in [0.4, 0.5) is 19.3 Å². The van der Waals surface area contributed by atoms with Crippen LogP contribution in [-0.2, 0) is 13.1 Å². The van der Waals surface area contributed by atoms with Gasteiger partial charge in [-0.25, -0.2) is 13.6 Å². The maximum absolute atomic E-state index is 13.5. The average molecular weight is 308 g/mol. The summed E-state index contributed by atoms with van der Waals surface area (Å²) >= 11 is 0. The predicted octanol–water partition coefficient (Wildman–Crippen LogP) is 3.12. The van der Waals surface area contributed by atoms with Crippen LogP contribution in [0.25, 0.3) is 0 Å². The molecule has 0 aliphatic heterocycles. The molecule has 1 heterocycles. The van der Waals surface area contributed by atoms with Gasteiger partial charge in [0.1, 0.15) is 11.6 Å². The Morgan fingerprint density at radius 3 is 2.64 bits per heavy atom. The molecule has 118 valence electrons. The molecule has 0 spiro atoms. The minimum Gasteiger partial charge on any atom is -0.334 e. The number of hydrogen-bond acceptors (Lipinski definition) is 2. The van der Waals surface area contributed by atoms with E-state index >= 15 is 0 Å². The molecule has 0 saturated heterocycles. The minimum atomic E-state index is -0.818. The first-order valence-electron chi connectivity index (χ1n) is 6.95. The number of nitrogens with zero attached hydrogens (tertiary/aromatic N) is 2. The third-order valence-corrected chi connectivity index (χ3v) is 3.44. The molecule has 7 heteroatoms. The average Bonchev–Trinajstić information content (AvgIpc) is 2.74. The molecular formula is C15H18F2N4O. The highest BCUT2D eigenvalue weighted by Crippen LogP contribution is 2.15. The highest BCUT2D eigenvalue weighted by atomic mass is 19.1. The summed E-state index contributed by atoms with van der Waals surface area (Å²) in [6.07, 6.45) is 0. The van der Waals surface area contributed by atoms with Gasteiger partial charge in [-0.3, -0.25) is 4.68 Å². The van der Waals surface area contributed by atoms with Crippen LogP contribution in [-0.4, -0.2) is 15.8 Å². The first kappa shape index (κ1) is 15.9. The highest BCUT2D eigenvalue weighted by molar-refractivity contribution is 5.89. The number of carbonyl (C=O) groups is 1. The second-order valence-corrected chi connectivity index (χ2v) is 4.90. The van der Waals surface area contributed by atoms with Crippen molar-refractivity contribution in [3.63, 3.8) is 0 Å². The first-order valence-corrected chi connectivity index (χ1v) is 6.95. The van der Waals surface area contributed by atoms with Crippen LogP contribution in [0.1, 0.15) is 23.9 Å². The molecule has 2 aromatic rings. The molecule has 5 nitrogen and oxygen atoms in total. The van der Waals surface area contributed by atoms with E-state index in [1.54, 1.807) is 0 Å². The van der Waals surface area contributed by atoms with E-state index < -0.39 is 17.7 Å². The number of carbonyl (C=O) groups excluding carboxylic acids is 1. The van der Waals surface area contributed by atoms with Crippen molar-refractivity contribution >= 4 is 11.7 Å². The number of anilines is 1. The lowest BCUT2D eigenvalue weighted by Crippen LogP contribution is -2.29. The molecule has 2 N–H and O–H groups in total. The van der Waals surface area contributed by atoms with Crippen molar-refractivity contribution in [3.05, 3.63) is 46.8 Å². The van der Waals surface area contributed by atoms with Gasteiger partial charge in [0.2, 0.25) is 0 Å². The minimum absolute atomic E-state index is 0.0726. The van der Waals surface area contributed by atoms with E-state index in [1.807, 2.05) is 25.5 Å². The van der Waals surface area contributed by atoms with Crippen molar-refractivity contribution in [1.29, 1.82) is 0 Å². The van der Waals surface area contributed by atoms with E-state index in [0.717, 1.165) is 35.6 Å². The lowest BCUT2D eigenvalue weighted by atomic mass is 10.2. The van der Waals surface area contributed by atoms with Gasteiger partial charge >= 0.3 is 6.03 Å². The monoisotopic (exact) mass is 308 g/mol. The van der Waals surface area contributed by atoms with Gasteiger partial charge in [0.05, 0.1) is 11.4 Å². The molecule has 0 fully saturated rings. The van der Waals surface area contributed by atoms with Gasteiger partial charge in [0.25, 0.3) is 0 Å². The zero-order valence-electron chi connectivity index (χ0n) is 12.7. The Morgan fingerprint density at radius 2 is 2.05 bits per heavy atom. The van der Waals surface area contributed by atoms with Crippen LogP contribution in [0.5, 0.6) is 0 Å². The number of hydrogen-bond donors (Lipinski definition) is 2. The van der Waals surface area contributed by atoms with E-state index in [0.29, 0.717) is 0 Å². The quantitative estimate of drug-likeness (QED) is 0.911. The summed E-state index contributed by atoms with van der Waals surface area (Å²) in [5, 5.41) is 9.35. The number of rotatable bonds is 4. The molecule has 1 aromatic carbocycles. The Balaban J connectivity index is 2.00. The maximum atomic E-state index is 13.5. The number of nitrogens with one attached hydrogen (secondary N) is 2. The Morgan fingerprint density at radius 1 is 1.32 bits per heavy atom. The summed E-state index contributed by atoms with van der Waals surface area (Å²) in [4.78, 5) is 11.8. The van der Waals surface area contributed by atoms with Crippen molar-refractivity contribution in [2.45, 2.75) is 33.9 Å². The van der Waals surface area contributed by atoms with E-state index in [-0.39, 0.29) is 12.2 Å². The number of aryl methyl sites for hydroxylation is 2. The van der Waals surface area contributed by atoms with Crippen molar-refractivity contribution in [2.24, 2.45) is 0 Å². The second-order valence-electron chi connectivity index (χ2n) is 4.90. The van der Waals surface area contributed by atoms with Crippen molar-refractivity contribution < 1.29 is 13.6 Å². The standard InChI is InChI=1S/C15H18F2N4O/c1-4-21-10(3)12(9(2)20-21)8-18-15(22)19-14-6-5-11(16)7-13(14)17/h5-7H,4,8H2,1-3H3,(H2,18,19,22). The Bertz CT molecular complexity index is 697. The van der Waals surface area contributed by atoms with Gasteiger partial charge in [-0.05, 0) is 32.9 Å². The van der Waals surface area contributed by atoms with Gasteiger partial charge in [0.15, 0.2) is 0 Å². The number of amides is 2. The topological polar surface area (TPSA) is 59.0 Å². The van der Waals surface area contributed by atoms with Crippen LogP contribution < -0.4 is 10.6 Å². The van der Waals surface area contributed by atoms with Crippen molar-refractivity contribution in [2.75, 3.05) is 5.32 Å². The Kier molecular flexibility index (Phi) is 4.75. The second kappa shape index (κ2) is 6.55. The van der Waals surface area contributed by atoms with Crippen LogP contribution in [0.2, 0.25) is 0 Å². The summed E-state index contributed by atoms with van der Waals surface area (Å²) in [6, 6.07) is 2.41. The van der Waals surface area contributed by atoms with Gasteiger partial charge in [0, 0.05) is 30.4 Å². The third kappa shape index (κ3) is 3.41. The molecule has 0 radical (unpaired) electrons. The predicted molar refractivity (Wildman–Crippen MR) is 79.6 cm³/mol. The summed E-state index contributed by atoms with van der Waals surface area (Å²) in [5.74, 6) is -1.51. The number of benzene rings is 1. The van der Waals surface area contributed by atoms with Gasteiger partial charge in [-0.2, -0.15) is 5.10 Å². The van der Waals surface area contributed by atoms with Crippen LogP contribution >= 0.6 is 0 Å². The zero-order valence-corrected chi connectivity index (χ0v) is 12.7. The van der Waals surface area contributed by atoms with Crippen LogP contribution in [0, 0.1) is 25.5 Å². The van der Waals surface area contributed by atoms with Gasteiger partial charge in [-0.1, -0.05) is 0 Å². The van der Waals surface area contributed by atoms with Gasteiger partial charge < -0.3 is 10.6 Å². The molecule has 2 rings (SSSR count). The fourth-order valence-corrected chi connectivity index (χ4v) is 2.22. The largest absolute Gasteiger partial charge is 0.334 e. The van der Waals surface area contributed by atoms with E-state index in [4.69, 9.17) is 0 Å².